The summed E-state index contributed by atoms with van der Waals surface area (Å²) in [5.41, 5.74) is 0. The molecule has 0 spiro atoms. The number of amides is 1. The van der Waals surface area contributed by atoms with Crippen LogP contribution < -0.4 is 5.32 Å². The highest BCUT2D eigenvalue weighted by Crippen LogP contribution is 2.20. The first-order valence-corrected chi connectivity index (χ1v) is 11.0. The fourth-order valence-corrected chi connectivity index (χ4v) is 5.34. The lowest BCUT2D eigenvalue weighted by Crippen LogP contribution is -2.48. The Kier molecular flexibility index (Phi) is 7.50. The maximum atomic E-state index is 12.4. The van der Waals surface area contributed by atoms with Crippen molar-refractivity contribution >= 4 is 15.9 Å². The van der Waals surface area contributed by atoms with Gasteiger partial charge < -0.3 is 5.32 Å². The van der Waals surface area contributed by atoms with E-state index in [1.54, 1.807) is 0 Å². The number of nitrogens with zero attached hydrogens (tertiary/aromatic N) is 2. The Morgan fingerprint density at radius 1 is 1.17 bits per heavy atom. The lowest BCUT2D eigenvalue weighted by Gasteiger charge is -2.34. The summed E-state index contributed by atoms with van der Waals surface area (Å²) in [6.07, 6.45) is 5.94. The molecule has 1 amide bonds. The quantitative estimate of drug-likeness (QED) is 0.746. The van der Waals surface area contributed by atoms with Crippen molar-refractivity contribution in [1.82, 2.24) is 14.5 Å². The summed E-state index contributed by atoms with van der Waals surface area (Å²) in [4.78, 5) is 14.8. The molecule has 2 rings (SSSR count). The third kappa shape index (κ3) is 5.43. The van der Waals surface area contributed by atoms with Gasteiger partial charge in [-0.05, 0) is 45.6 Å². The lowest BCUT2D eigenvalue weighted by atomic mass is 9.99. The van der Waals surface area contributed by atoms with Crippen LogP contribution in [0.5, 0.6) is 0 Å². The standard InChI is InChI=1S/C17H33N3O3S/c1-3-13-24(22,23)20-11-6-8-16(14-20)17(21)18-9-12-19-10-5-4-7-15(19)2/h15-16H,3-14H2,1-2H3,(H,18,21)/t15-,16+/m0/s1. The number of rotatable bonds is 7. The van der Waals surface area contributed by atoms with Crippen LogP contribution in [0.3, 0.4) is 0 Å². The van der Waals surface area contributed by atoms with Gasteiger partial charge in [0, 0.05) is 32.2 Å². The van der Waals surface area contributed by atoms with Gasteiger partial charge in [-0.3, -0.25) is 9.69 Å². The van der Waals surface area contributed by atoms with Gasteiger partial charge in [-0.1, -0.05) is 13.3 Å². The third-order valence-electron chi connectivity index (χ3n) is 5.25. The second-order valence-corrected chi connectivity index (χ2v) is 9.27. The topological polar surface area (TPSA) is 69.7 Å². The third-order valence-corrected chi connectivity index (χ3v) is 7.29. The predicted octanol–water partition coefficient (Wildman–Crippen LogP) is 1.43. The molecule has 0 saturated carbocycles. The number of hydrogen-bond acceptors (Lipinski definition) is 4. The molecule has 2 fully saturated rings. The Morgan fingerprint density at radius 2 is 1.96 bits per heavy atom. The zero-order valence-corrected chi connectivity index (χ0v) is 16.0. The molecule has 7 heteroatoms. The largest absolute Gasteiger partial charge is 0.355 e. The lowest BCUT2D eigenvalue weighted by molar-refractivity contribution is -0.126. The minimum absolute atomic E-state index is 0.0102. The molecule has 0 aromatic carbocycles. The summed E-state index contributed by atoms with van der Waals surface area (Å²) < 4.78 is 25.9. The highest BCUT2D eigenvalue weighted by molar-refractivity contribution is 7.89. The SMILES string of the molecule is CCCS(=O)(=O)N1CCC[C@@H](C(=O)NCCN2CCCC[C@@H]2C)C1. The van der Waals surface area contributed by atoms with E-state index in [0.717, 1.165) is 25.9 Å². The van der Waals surface area contributed by atoms with Crippen molar-refractivity contribution in [1.29, 1.82) is 0 Å². The Hall–Kier alpha value is -0.660. The van der Waals surface area contributed by atoms with Crippen molar-refractivity contribution < 1.29 is 13.2 Å². The maximum Gasteiger partial charge on any atom is 0.224 e. The number of piperidine rings is 2. The molecule has 2 aliphatic rings. The molecular weight excluding hydrogens is 326 g/mol. The Bertz CT molecular complexity index is 509. The van der Waals surface area contributed by atoms with Crippen LogP contribution in [0.1, 0.15) is 52.4 Å². The molecule has 0 radical (unpaired) electrons. The predicted molar refractivity (Wildman–Crippen MR) is 96.3 cm³/mol. The summed E-state index contributed by atoms with van der Waals surface area (Å²) in [5, 5.41) is 3.02. The molecule has 140 valence electrons. The molecule has 0 unspecified atom stereocenters. The van der Waals surface area contributed by atoms with Crippen LogP contribution >= 0.6 is 0 Å². The molecule has 24 heavy (non-hydrogen) atoms. The van der Waals surface area contributed by atoms with Crippen LogP contribution in [0.2, 0.25) is 0 Å². The Balaban J connectivity index is 1.77. The molecule has 0 aromatic rings. The molecule has 6 nitrogen and oxygen atoms in total. The van der Waals surface area contributed by atoms with E-state index in [2.05, 4.69) is 17.1 Å². The number of carbonyl (C=O) groups is 1. The average molecular weight is 360 g/mol. The molecule has 2 atom stereocenters. The summed E-state index contributed by atoms with van der Waals surface area (Å²) in [7, 11) is -3.20. The van der Waals surface area contributed by atoms with Gasteiger partial charge >= 0.3 is 0 Å². The number of hydrogen-bond donors (Lipinski definition) is 1. The molecule has 2 aliphatic heterocycles. The minimum atomic E-state index is -3.20. The van der Waals surface area contributed by atoms with E-state index in [-0.39, 0.29) is 17.6 Å². The Labute approximate surface area is 147 Å². The smallest absolute Gasteiger partial charge is 0.224 e. The van der Waals surface area contributed by atoms with Crippen LogP contribution in [0.4, 0.5) is 0 Å². The highest BCUT2D eigenvalue weighted by Gasteiger charge is 2.31. The van der Waals surface area contributed by atoms with E-state index < -0.39 is 10.0 Å². The van der Waals surface area contributed by atoms with Crippen molar-refractivity contribution in [2.75, 3.05) is 38.5 Å². The fraction of sp³-hybridized carbons (Fsp3) is 0.941. The number of sulfonamides is 1. The monoisotopic (exact) mass is 359 g/mol. The van der Waals surface area contributed by atoms with Crippen LogP contribution in [0.15, 0.2) is 0 Å². The summed E-state index contributed by atoms with van der Waals surface area (Å²) in [6.45, 7) is 7.67. The maximum absolute atomic E-state index is 12.4. The second-order valence-electron chi connectivity index (χ2n) is 7.18. The zero-order chi connectivity index (χ0) is 17.6. The molecule has 2 saturated heterocycles. The number of likely N-dealkylation sites (tertiary alicyclic amines) is 1. The Morgan fingerprint density at radius 3 is 2.67 bits per heavy atom. The molecule has 0 aliphatic carbocycles. The van der Waals surface area contributed by atoms with Gasteiger partial charge in [-0.25, -0.2) is 12.7 Å². The molecule has 0 aromatic heterocycles. The molecule has 0 bridgehead atoms. The number of carbonyl (C=O) groups excluding carboxylic acids is 1. The molecule has 1 N–H and O–H groups in total. The summed E-state index contributed by atoms with van der Waals surface area (Å²) in [6, 6.07) is 0.597. The van der Waals surface area contributed by atoms with Gasteiger partial charge in [-0.15, -0.1) is 0 Å². The van der Waals surface area contributed by atoms with Gasteiger partial charge in [0.15, 0.2) is 0 Å². The van der Waals surface area contributed by atoms with E-state index in [4.69, 9.17) is 0 Å². The van der Waals surface area contributed by atoms with Crippen molar-refractivity contribution in [2.24, 2.45) is 5.92 Å². The summed E-state index contributed by atoms with van der Waals surface area (Å²) in [5.74, 6) is -0.0195. The van der Waals surface area contributed by atoms with Crippen LogP contribution in [-0.4, -0.2) is 68.0 Å². The molecule has 2 heterocycles. The van der Waals surface area contributed by atoms with Gasteiger partial charge in [0.25, 0.3) is 0 Å². The van der Waals surface area contributed by atoms with Crippen LogP contribution in [0, 0.1) is 5.92 Å². The van der Waals surface area contributed by atoms with E-state index in [1.807, 2.05) is 6.92 Å². The molecular formula is C17H33N3O3S. The first-order chi connectivity index (χ1) is 11.4. The van der Waals surface area contributed by atoms with E-state index >= 15 is 0 Å². The van der Waals surface area contributed by atoms with Crippen molar-refractivity contribution in [3.05, 3.63) is 0 Å². The highest BCUT2D eigenvalue weighted by atomic mass is 32.2. The van der Waals surface area contributed by atoms with Gasteiger partial charge in [0.2, 0.25) is 15.9 Å². The van der Waals surface area contributed by atoms with Crippen molar-refractivity contribution in [3.63, 3.8) is 0 Å². The van der Waals surface area contributed by atoms with Crippen molar-refractivity contribution in [3.8, 4) is 0 Å². The average Bonchev–Trinajstić information content (AvgIpc) is 2.56. The zero-order valence-electron chi connectivity index (χ0n) is 15.2. The second kappa shape index (κ2) is 9.15. The van der Waals surface area contributed by atoms with Gasteiger partial charge in [0.05, 0.1) is 11.7 Å². The fourth-order valence-electron chi connectivity index (χ4n) is 3.75. The first kappa shape index (κ1) is 19.7. The minimum Gasteiger partial charge on any atom is -0.355 e. The number of nitrogens with one attached hydrogen (secondary N) is 1. The van der Waals surface area contributed by atoms with E-state index in [1.165, 1.54) is 23.6 Å². The first-order valence-electron chi connectivity index (χ1n) is 9.43. The van der Waals surface area contributed by atoms with E-state index in [0.29, 0.717) is 32.1 Å². The normalized spacial score (nSPS) is 27.1. The van der Waals surface area contributed by atoms with Crippen molar-refractivity contribution in [2.45, 2.75) is 58.4 Å². The van der Waals surface area contributed by atoms with Gasteiger partial charge in [-0.2, -0.15) is 0 Å². The van der Waals surface area contributed by atoms with E-state index in [9.17, 15) is 13.2 Å². The van der Waals surface area contributed by atoms with Crippen LogP contribution in [0.25, 0.3) is 0 Å². The van der Waals surface area contributed by atoms with Gasteiger partial charge in [0.1, 0.15) is 0 Å². The summed E-state index contributed by atoms with van der Waals surface area (Å²) >= 11 is 0. The van der Waals surface area contributed by atoms with Crippen LogP contribution in [-0.2, 0) is 14.8 Å².